The van der Waals surface area contributed by atoms with E-state index in [0.717, 1.165) is 32.1 Å². The van der Waals surface area contributed by atoms with Crippen molar-refractivity contribution < 1.29 is 23.2 Å². The Kier molecular flexibility index (Phi) is 8.46. The van der Waals surface area contributed by atoms with Gasteiger partial charge in [0.05, 0.1) is 15.9 Å². The largest absolute Gasteiger partial charge is 0.484 e. The van der Waals surface area contributed by atoms with E-state index < -0.39 is 20.9 Å². The van der Waals surface area contributed by atoms with Crippen molar-refractivity contribution >= 4 is 15.5 Å². The number of ether oxygens (including phenoxy) is 1. The lowest BCUT2D eigenvalue weighted by molar-refractivity contribution is -0.385. The van der Waals surface area contributed by atoms with Gasteiger partial charge in [-0.05, 0) is 31.9 Å². The SMILES string of the molecule is O=[N+]([O-])c1ccccc1OCC(O)CNCCCS(=O)(=O)C1CCCCC1. The zero-order valence-corrected chi connectivity index (χ0v) is 16.2. The first-order chi connectivity index (χ1) is 12.9. The van der Waals surface area contributed by atoms with E-state index in [0.29, 0.717) is 13.0 Å². The molecule has 0 bridgehead atoms. The van der Waals surface area contributed by atoms with Crippen molar-refractivity contribution in [3.63, 3.8) is 0 Å². The second-order valence-corrected chi connectivity index (χ2v) is 9.27. The minimum absolute atomic E-state index is 0.0851. The Hall–Kier alpha value is -1.71. The van der Waals surface area contributed by atoms with Gasteiger partial charge in [-0.15, -0.1) is 0 Å². The number of hydrogen-bond acceptors (Lipinski definition) is 7. The molecule has 2 N–H and O–H groups in total. The molecule has 1 aliphatic rings. The molecule has 1 unspecified atom stereocenters. The van der Waals surface area contributed by atoms with Crippen molar-refractivity contribution in [2.24, 2.45) is 0 Å². The van der Waals surface area contributed by atoms with Crippen LogP contribution in [0.25, 0.3) is 0 Å². The van der Waals surface area contributed by atoms with Gasteiger partial charge in [-0.2, -0.15) is 0 Å². The van der Waals surface area contributed by atoms with Crippen LogP contribution in [0.5, 0.6) is 5.75 Å². The Morgan fingerprint density at radius 2 is 1.96 bits per heavy atom. The van der Waals surface area contributed by atoms with Crippen LogP contribution in [-0.2, 0) is 9.84 Å². The standard InChI is InChI=1S/C18H28N2O6S/c21-15(14-26-18-10-5-4-9-17(18)20(22)23)13-19-11-6-12-27(24,25)16-7-2-1-3-8-16/h4-5,9-10,15-16,19,21H,1-3,6-8,11-14H2. The van der Waals surface area contributed by atoms with E-state index in [1.165, 1.54) is 12.1 Å². The molecule has 1 aromatic rings. The van der Waals surface area contributed by atoms with Crippen molar-refractivity contribution in [3.8, 4) is 5.75 Å². The number of nitrogens with one attached hydrogen (secondary N) is 1. The molecule has 152 valence electrons. The molecular formula is C18H28N2O6S. The third-order valence-electron chi connectivity index (χ3n) is 4.72. The van der Waals surface area contributed by atoms with E-state index >= 15 is 0 Å². The molecule has 9 heteroatoms. The second kappa shape index (κ2) is 10.6. The number of nitro groups is 1. The van der Waals surface area contributed by atoms with Crippen molar-refractivity contribution in [1.82, 2.24) is 5.32 Å². The quantitative estimate of drug-likeness (QED) is 0.331. The molecule has 2 rings (SSSR count). The maximum absolute atomic E-state index is 12.3. The third kappa shape index (κ3) is 7.08. The predicted molar refractivity (Wildman–Crippen MR) is 103 cm³/mol. The van der Waals surface area contributed by atoms with E-state index in [9.17, 15) is 23.6 Å². The Bertz CT molecular complexity index is 704. The highest BCUT2D eigenvalue weighted by Crippen LogP contribution is 2.26. The third-order valence-corrected chi connectivity index (χ3v) is 7.06. The summed E-state index contributed by atoms with van der Waals surface area (Å²) in [6.07, 6.45) is 4.31. The topological polar surface area (TPSA) is 119 Å². The smallest absolute Gasteiger partial charge is 0.310 e. The fraction of sp³-hybridized carbons (Fsp3) is 0.667. The van der Waals surface area contributed by atoms with Crippen molar-refractivity contribution in [1.29, 1.82) is 0 Å². The predicted octanol–water partition coefficient (Wildman–Crippen LogP) is 2.06. The van der Waals surface area contributed by atoms with Gasteiger partial charge in [0.25, 0.3) is 0 Å². The molecule has 0 heterocycles. The molecule has 0 saturated heterocycles. The summed E-state index contributed by atoms with van der Waals surface area (Å²) >= 11 is 0. The highest BCUT2D eigenvalue weighted by atomic mass is 32.2. The van der Waals surface area contributed by atoms with Crippen LogP contribution in [0.1, 0.15) is 38.5 Å². The average Bonchev–Trinajstić information content (AvgIpc) is 2.67. The lowest BCUT2D eigenvalue weighted by atomic mass is 10.0. The zero-order chi connectivity index (χ0) is 19.7. The second-order valence-electron chi connectivity index (χ2n) is 6.87. The van der Waals surface area contributed by atoms with Crippen LogP contribution in [0.4, 0.5) is 5.69 Å². The van der Waals surface area contributed by atoms with Crippen LogP contribution in [0.15, 0.2) is 24.3 Å². The molecular weight excluding hydrogens is 372 g/mol. The Morgan fingerprint density at radius 1 is 1.26 bits per heavy atom. The highest BCUT2D eigenvalue weighted by Gasteiger charge is 2.26. The summed E-state index contributed by atoms with van der Waals surface area (Å²) in [4.78, 5) is 10.4. The fourth-order valence-corrected chi connectivity index (χ4v) is 5.16. The average molecular weight is 400 g/mol. The normalized spacial score (nSPS) is 16.8. The van der Waals surface area contributed by atoms with Gasteiger partial charge in [-0.25, -0.2) is 8.42 Å². The minimum Gasteiger partial charge on any atom is -0.484 e. The van der Waals surface area contributed by atoms with E-state index in [-0.39, 0.29) is 35.6 Å². The summed E-state index contributed by atoms with van der Waals surface area (Å²) < 4.78 is 29.9. The van der Waals surface area contributed by atoms with Gasteiger partial charge in [-0.3, -0.25) is 10.1 Å². The number of sulfone groups is 1. The number of rotatable bonds is 11. The minimum atomic E-state index is -3.03. The van der Waals surface area contributed by atoms with Crippen LogP contribution in [-0.4, -0.2) is 55.3 Å². The molecule has 0 aromatic heterocycles. The number of aliphatic hydroxyl groups excluding tert-OH is 1. The number of para-hydroxylation sites is 2. The first kappa shape index (κ1) is 21.6. The number of aliphatic hydroxyl groups is 1. The van der Waals surface area contributed by atoms with Crippen LogP contribution in [0.3, 0.4) is 0 Å². The van der Waals surface area contributed by atoms with Gasteiger partial charge in [0.1, 0.15) is 12.7 Å². The molecule has 0 radical (unpaired) electrons. The van der Waals surface area contributed by atoms with Crippen LogP contribution >= 0.6 is 0 Å². The van der Waals surface area contributed by atoms with Gasteiger partial charge in [0, 0.05) is 12.6 Å². The maximum Gasteiger partial charge on any atom is 0.310 e. The first-order valence-electron chi connectivity index (χ1n) is 9.36. The molecule has 0 aliphatic heterocycles. The lowest BCUT2D eigenvalue weighted by Gasteiger charge is -2.21. The number of benzene rings is 1. The lowest BCUT2D eigenvalue weighted by Crippen LogP contribution is -2.33. The molecule has 1 atom stereocenters. The zero-order valence-electron chi connectivity index (χ0n) is 15.4. The Balaban J connectivity index is 1.63. The van der Waals surface area contributed by atoms with E-state index in [1.807, 2.05) is 0 Å². The van der Waals surface area contributed by atoms with Crippen LogP contribution in [0.2, 0.25) is 0 Å². The summed E-state index contributed by atoms with van der Waals surface area (Å²) in [5.74, 6) is 0.271. The molecule has 27 heavy (non-hydrogen) atoms. The van der Waals surface area contributed by atoms with E-state index in [1.54, 1.807) is 12.1 Å². The van der Waals surface area contributed by atoms with Gasteiger partial charge < -0.3 is 15.2 Å². The molecule has 0 amide bonds. The first-order valence-corrected chi connectivity index (χ1v) is 11.1. The van der Waals surface area contributed by atoms with E-state index in [2.05, 4.69) is 5.32 Å². The van der Waals surface area contributed by atoms with Gasteiger partial charge in [0.15, 0.2) is 15.6 Å². The summed E-state index contributed by atoms with van der Waals surface area (Å²) in [5, 5.41) is 23.7. The Morgan fingerprint density at radius 3 is 2.67 bits per heavy atom. The summed E-state index contributed by atoms with van der Waals surface area (Å²) in [5.41, 5.74) is -0.148. The number of nitrogens with zero attached hydrogens (tertiary/aromatic N) is 1. The summed E-state index contributed by atoms with van der Waals surface area (Å²) in [7, 11) is -3.03. The molecule has 8 nitrogen and oxygen atoms in total. The monoisotopic (exact) mass is 400 g/mol. The van der Waals surface area contributed by atoms with Gasteiger partial charge in [0.2, 0.25) is 0 Å². The molecule has 1 aromatic carbocycles. The van der Waals surface area contributed by atoms with Crippen molar-refractivity contribution in [2.45, 2.75) is 49.9 Å². The van der Waals surface area contributed by atoms with Crippen LogP contribution in [0, 0.1) is 10.1 Å². The summed E-state index contributed by atoms with van der Waals surface area (Å²) in [6.45, 7) is 0.622. The molecule has 1 saturated carbocycles. The van der Waals surface area contributed by atoms with Crippen molar-refractivity contribution in [3.05, 3.63) is 34.4 Å². The number of nitro benzene ring substituents is 1. The molecule has 0 spiro atoms. The number of hydrogen-bond donors (Lipinski definition) is 2. The molecule has 1 aliphatic carbocycles. The van der Waals surface area contributed by atoms with Crippen LogP contribution < -0.4 is 10.1 Å². The van der Waals surface area contributed by atoms with Gasteiger partial charge in [-0.1, -0.05) is 31.4 Å². The highest BCUT2D eigenvalue weighted by molar-refractivity contribution is 7.92. The summed E-state index contributed by atoms with van der Waals surface area (Å²) in [6, 6.07) is 5.99. The maximum atomic E-state index is 12.3. The van der Waals surface area contributed by atoms with Gasteiger partial charge >= 0.3 is 5.69 Å². The molecule has 1 fully saturated rings. The fourth-order valence-electron chi connectivity index (χ4n) is 3.23. The Labute approximate surface area is 160 Å². The van der Waals surface area contributed by atoms with Crippen molar-refractivity contribution in [2.75, 3.05) is 25.4 Å². The van der Waals surface area contributed by atoms with E-state index in [4.69, 9.17) is 4.74 Å².